The Morgan fingerprint density at radius 1 is 1.07 bits per heavy atom. The van der Waals surface area contributed by atoms with Crippen LogP contribution < -0.4 is 10.6 Å². The number of nitrogens with one attached hydrogen (secondary N) is 2. The van der Waals surface area contributed by atoms with Gasteiger partial charge in [0.2, 0.25) is 5.91 Å². The van der Waals surface area contributed by atoms with Gasteiger partial charge in [-0.05, 0) is 37.6 Å². The average Bonchev–Trinajstić information content (AvgIpc) is 2.98. The summed E-state index contributed by atoms with van der Waals surface area (Å²) < 4.78 is 2.18. The predicted octanol–water partition coefficient (Wildman–Crippen LogP) is 3.90. The Morgan fingerprint density at radius 2 is 1.82 bits per heavy atom. The molecule has 1 atom stereocenters. The van der Waals surface area contributed by atoms with Crippen LogP contribution >= 0.6 is 0 Å². The van der Waals surface area contributed by atoms with Crippen molar-refractivity contribution in [1.82, 2.24) is 9.88 Å². The second kappa shape index (κ2) is 7.35. The van der Waals surface area contributed by atoms with Crippen LogP contribution in [0.3, 0.4) is 0 Å². The molecule has 3 aromatic rings. The minimum Gasteiger partial charge on any atom is -0.343 e. The Morgan fingerprint density at radius 3 is 2.64 bits per heavy atom. The van der Waals surface area contributed by atoms with E-state index in [0.29, 0.717) is 17.7 Å². The maximum absolute atomic E-state index is 12.7. The highest BCUT2D eigenvalue weighted by Crippen LogP contribution is 2.25. The van der Waals surface area contributed by atoms with Crippen molar-refractivity contribution in [2.75, 3.05) is 5.32 Å². The number of hydrogen-bond donors (Lipinski definition) is 2. The van der Waals surface area contributed by atoms with Crippen LogP contribution in [0.2, 0.25) is 0 Å². The number of fused-ring (bicyclic) bond motifs is 2. The van der Waals surface area contributed by atoms with Gasteiger partial charge in [0, 0.05) is 30.1 Å². The van der Waals surface area contributed by atoms with E-state index in [1.165, 1.54) is 5.57 Å². The number of carbonyl (C=O) groups excluding carboxylic acids is 2. The molecule has 0 bridgehead atoms. The largest absolute Gasteiger partial charge is 0.343 e. The highest BCUT2D eigenvalue weighted by molar-refractivity contribution is 6.10. The molecule has 5 heteroatoms. The van der Waals surface area contributed by atoms with Crippen LogP contribution in [0.4, 0.5) is 5.69 Å². The third-order valence-corrected chi connectivity index (χ3v) is 5.04. The van der Waals surface area contributed by atoms with Crippen LogP contribution in [-0.2, 0) is 17.8 Å². The molecule has 0 radical (unpaired) electrons. The van der Waals surface area contributed by atoms with Crippen LogP contribution in [0.15, 0.2) is 66.4 Å². The number of rotatable bonds is 4. The molecular weight excluding hydrogens is 350 g/mol. The summed E-state index contributed by atoms with van der Waals surface area (Å²) in [5.74, 6) is -0.424. The van der Waals surface area contributed by atoms with Gasteiger partial charge < -0.3 is 15.2 Å². The zero-order valence-corrected chi connectivity index (χ0v) is 16.0. The molecule has 142 valence electrons. The second-order valence-electron chi connectivity index (χ2n) is 7.37. The van der Waals surface area contributed by atoms with Crippen molar-refractivity contribution in [1.29, 1.82) is 0 Å². The van der Waals surface area contributed by atoms with E-state index in [9.17, 15) is 9.59 Å². The monoisotopic (exact) mass is 373 g/mol. The molecule has 5 nitrogen and oxygen atoms in total. The molecule has 4 rings (SSSR count). The molecule has 2 heterocycles. The molecule has 0 saturated carbocycles. The topological polar surface area (TPSA) is 63.1 Å². The first kappa shape index (κ1) is 18.0. The number of para-hydroxylation sites is 2. The van der Waals surface area contributed by atoms with Gasteiger partial charge in [0.1, 0.15) is 6.04 Å². The molecule has 2 N–H and O–H groups in total. The Kier molecular flexibility index (Phi) is 4.74. The fourth-order valence-corrected chi connectivity index (χ4v) is 3.59. The van der Waals surface area contributed by atoms with Crippen molar-refractivity contribution in [2.24, 2.45) is 0 Å². The van der Waals surface area contributed by atoms with Crippen LogP contribution in [0.1, 0.15) is 29.8 Å². The minimum atomic E-state index is -0.623. The molecule has 0 saturated heterocycles. The number of nitrogens with zero attached hydrogens (tertiary/aromatic N) is 1. The molecular formula is C23H23N3O2. The van der Waals surface area contributed by atoms with E-state index in [-0.39, 0.29) is 11.8 Å². The first-order valence-corrected chi connectivity index (χ1v) is 9.44. The molecule has 2 aromatic carbocycles. The van der Waals surface area contributed by atoms with Gasteiger partial charge in [-0.2, -0.15) is 0 Å². The molecule has 1 aliphatic heterocycles. The fourth-order valence-electron chi connectivity index (χ4n) is 3.59. The van der Waals surface area contributed by atoms with Gasteiger partial charge in [0.25, 0.3) is 5.91 Å². The summed E-state index contributed by atoms with van der Waals surface area (Å²) in [6, 6.07) is 14.6. The van der Waals surface area contributed by atoms with E-state index in [2.05, 4.69) is 53.5 Å². The molecule has 0 fully saturated rings. The zero-order valence-electron chi connectivity index (χ0n) is 16.0. The lowest BCUT2D eigenvalue weighted by Gasteiger charge is -2.14. The van der Waals surface area contributed by atoms with E-state index in [0.717, 1.165) is 23.0 Å². The third-order valence-electron chi connectivity index (χ3n) is 5.04. The van der Waals surface area contributed by atoms with E-state index < -0.39 is 6.04 Å². The summed E-state index contributed by atoms with van der Waals surface area (Å²) in [5, 5.41) is 6.87. The van der Waals surface area contributed by atoms with Gasteiger partial charge in [0.15, 0.2) is 0 Å². The summed E-state index contributed by atoms with van der Waals surface area (Å²) in [4.78, 5) is 25.3. The molecule has 28 heavy (non-hydrogen) atoms. The summed E-state index contributed by atoms with van der Waals surface area (Å²) in [6.07, 6.45) is 4.70. The molecule has 0 spiro atoms. The standard InChI is InChI=1S/C23H23N3O2/c1-15(2)11-12-26-14-16(17-7-4-6-10-21(17)26)13-20-23(28)24-19-9-5-3-8-18(19)22(27)25-20/h3-11,14,20H,12-13H2,1-2H3,(H,24,28)(H,25,27)/t20-/m0/s1. The Labute approximate surface area is 164 Å². The number of anilines is 1. The Balaban J connectivity index is 1.66. The third kappa shape index (κ3) is 3.43. The SMILES string of the molecule is CC(C)=CCn1cc(C[C@@H]2NC(=O)c3ccccc3NC2=O)c2ccccc21. The number of aromatic nitrogens is 1. The number of benzene rings is 2. The fraction of sp³-hybridized carbons (Fsp3) is 0.217. The number of carbonyl (C=O) groups is 2. The average molecular weight is 373 g/mol. The van der Waals surface area contributed by atoms with Crippen LogP contribution in [-0.4, -0.2) is 22.4 Å². The maximum atomic E-state index is 12.7. The molecule has 1 aromatic heterocycles. The molecule has 0 aliphatic carbocycles. The lowest BCUT2D eigenvalue weighted by molar-refractivity contribution is -0.117. The van der Waals surface area contributed by atoms with Gasteiger partial charge in [-0.15, -0.1) is 0 Å². The summed E-state index contributed by atoms with van der Waals surface area (Å²) >= 11 is 0. The lowest BCUT2D eigenvalue weighted by Crippen LogP contribution is -2.42. The van der Waals surface area contributed by atoms with Gasteiger partial charge in [-0.1, -0.05) is 42.0 Å². The Bertz CT molecular complexity index is 1090. The highest BCUT2D eigenvalue weighted by atomic mass is 16.2. The Hall–Kier alpha value is -3.34. The lowest BCUT2D eigenvalue weighted by atomic mass is 10.0. The zero-order chi connectivity index (χ0) is 19.7. The number of hydrogen-bond acceptors (Lipinski definition) is 2. The van der Waals surface area contributed by atoms with Crippen LogP contribution in [0, 0.1) is 0 Å². The molecule has 1 aliphatic rings. The predicted molar refractivity (Wildman–Crippen MR) is 111 cm³/mol. The smallest absolute Gasteiger partial charge is 0.254 e. The summed E-state index contributed by atoms with van der Waals surface area (Å²) in [6.45, 7) is 4.93. The van der Waals surface area contributed by atoms with Crippen molar-refractivity contribution in [3.8, 4) is 0 Å². The highest BCUT2D eigenvalue weighted by Gasteiger charge is 2.28. The van der Waals surface area contributed by atoms with Crippen molar-refractivity contribution in [3.63, 3.8) is 0 Å². The van der Waals surface area contributed by atoms with Crippen molar-refractivity contribution in [3.05, 3.63) is 77.5 Å². The normalized spacial score (nSPS) is 16.1. The number of allylic oxidation sites excluding steroid dienone is 2. The van der Waals surface area contributed by atoms with E-state index in [1.54, 1.807) is 18.2 Å². The first-order valence-electron chi connectivity index (χ1n) is 9.44. The van der Waals surface area contributed by atoms with Gasteiger partial charge in [-0.3, -0.25) is 9.59 Å². The van der Waals surface area contributed by atoms with Crippen molar-refractivity contribution < 1.29 is 9.59 Å². The molecule has 0 unspecified atom stereocenters. The summed E-state index contributed by atoms with van der Waals surface area (Å²) in [5.41, 5.74) is 4.47. The quantitative estimate of drug-likeness (QED) is 0.681. The summed E-state index contributed by atoms with van der Waals surface area (Å²) in [7, 11) is 0. The van der Waals surface area contributed by atoms with Gasteiger partial charge in [0.05, 0.1) is 11.3 Å². The first-order chi connectivity index (χ1) is 13.5. The van der Waals surface area contributed by atoms with Crippen molar-refractivity contribution >= 4 is 28.4 Å². The van der Waals surface area contributed by atoms with Crippen LogP contribution in [0.25, 0.3) is 10.9 Å². The second-order valence-corrected chi connectivity index (χ2v) is 7.37. The minimum absolute atomic E-state index is 0.195. The van der Waals surface area contributed by atoms with Crippen molar-refractivity contribution in [2.45, 2.75) is 32.9 Å². The van der Waals surface area contributed by atoms with E-state index >= 15 is 0 Å². The maximum Gasteiger partial charge on any atom is 0.254 e. The van der Waals surface area contributed by atoms with E-state index in [4.69, 9.17) is 0 Å². The number of amides is 2. The van der Waals surface area contributed by atoms with E-state index in [1.807, 2.05) is 18.2 Å². The van der Waals surface area contributed by atoms with Gasteiger partial charge in [-0.25, -0.2) is 0 Å². The van der Waals surface area contributed by atoms with Gasteiger partial charge >= 0.3 is 0 Å². The molecule has 2 amide bonds. The van der Waals surface area contributed by atoms with Crippen LogP contribution in [0.5, 0.6) is 0 Å².